The van der Waals surface area contributed by atoms with Crippen molar-refractivity contribution in [3.63, 3.8) is 0 Å². The summed E-state index contributed by atoms with van der Waals surface area (Å²) in [5, 5.41) is 0. The van der Waals surface area contributed by atoms with Crippen LogP contribution in [0.4, 0.5) is 0 Å². The van der Waals surface area contributed by atoms with E-state index >= 15 is 0 Å². The molecule has 2 fully saturated rings. The largest absolute Gasteiger partial charge is 0.492 e. The molecule has 0 radical (unpaired) electrons. The van der Waals surface area contributed by atoms with Gasteiger partial charge in [0.05, 0.1) is 0 Å². The third kappa shape index (κ3) is 4.71. The van der Waals surface area contributed by atoms with Gasteiger partial charge in [-0.05, 0) is 63.5 Å². The fraction of sp³-hybridized carbons (Fsp3) is 0.667. The third-order valence-electron chi connectivity index (χ3n) is 4.86. The molecule has 0 saturated carbocycles. The van der Waals surface area contributed by atoms with Crippen molar-refractivity contribution in [1.29, 1.82) is 0 Å². The van der Waals surface area contributed by atoms with E-state index in [-0.39, 0.29) is 0 Å². The van der Waals surface area contributed by atoms with Crippen molar-refractivity contribution in [3.8, 4) is 5.75 Å². The van der Waals surface area contributed by atoms with Gasteiger partial charge in [-0.3, -0.25) is 4.90 Å². The maximum Gasteiger partial charge on any atom is 0.120 e. The van der Waals surface area contributed by atoms with Crippen LogP contribution in [0.15, 0.2) is 28.7 Å². The Balaban J connectivity index is 1.42. The molecule has 2 aliphatic rings. The SMILES string of the molecule is Brc1cccc(OCCN2CCCC2CN2CCCCC2)c1. The number of ether oxygens (including phenoxy) is 1. The molecule has 2 saturated heterocycles. The first-order valence-electron chi connectivity index (χ1n) is 8.66. The lowest BCUT2D eigenvalue weighted by Gasteiger charge is -2.32. The van der Waals surface area contributed by atoms with Crippen LogP contribution in [-0.2, 0) is 0 Å². The predicted molar refractivity (Wildman–Crippen MR) is 94.5 cm³/mol. The van der Waals surface area contributed by atoms with Gasteiger partial charge in [0.2, 0.25) is 0 Å². The Morgan fingerprint density at radius 1 is 1.09 bits per heavy atom. The smallest absolute Gasteiger partial charge is 0.120 e. The molecular formula is C18H27BrN2O. The second-order valence-electron chi connectivity index (χ2n) is 6.50. The van der Waals surface area contributed by atoms with Crippen LogP contribution < -0.4 is 4.74 Å². The van der Waals surface area contributed by atoms with Crippen LogP contribution >= 0.6 is 15.9 Å². The zero-order chi connectivity index (χ0) is 15.2. The number of likely N-dealkylation sites (tertiary alicyclic amines) is 2. The molecule has 0 amide bonds. The van der Waals surface area contributed by atoms with Crippen LogP contribution in [0.3, 0.4) is 0 Å². The molecule has 2 aliphatic heterocycles. The van der Waals surface area contributed by atoms with Gasteiger partial charge in [-0.1, -0.05) is 28.4 Å². The summed E-state index contributed by atoms with van der Waals surface area (Å²) in [4.78, 5) is 5.30. The number of rotatable bonds is 6. The van der Waals surface area contributed by atoms with Gasteiger partial charge >= 0.3 is 0 Å². The molecule has 122 valence electrons. The van der Waals surface area contributed by atoms with Crippen molar-refractivity contribution in [1.82, 2.24) is 9.80 Å². The number of halogens is 1. The molecule has 0 spiro atoms. The summed E-state index contributed by atoms with van der Waals surface area (Å²) >= 11 is 3.49. The standard InChI is InChI=1S/C18H27BrN2O/c19-16-6-4-8-18(14-16)22-13-12-21-11-5-7-17(21)15-20-9-2-1-3-10-20/h4,6,8,14,17H,1-3,5,7,9-13,15H2. The summed E-state index contributed by atoms with van der Waals surface area (Å²) in [6, 6.07) is 8.86. The second kappa shape index (κ2) is 8.32. The van der Waals surface area contributed by atoms with E-state index in [1.54, 1.807) is 0 Å². The average Bonchev–Trinajstić information content (AvgIpc) is 2.96. The van der Waals surface area contributed by atoms with Crippen molar-refractivity contribution in [3.05, 3.63) is 28.7 Å². The minimum Gasteiger partial charge on any atom is -0.492 e. The highest BCUT2D eigenvalue weighted by molar-refractivity contribution is 9.10. The highest BCUT2D eigenvalue weighted by Crippen LogP contribution is 2.21. The second-order valence-corrected chi connectivity index (χ2v) is 7.41. The molecule has 0 N–H and O–H groups in total. The van der Waals surface area contributed by atoms with Crippen LogP contribution in [0, 0.1) is 0 Å². The van der Waals surface area contributed by atoms with Crippen molar-refractivity contribution in [2.75, 3.05) is 39.3 Å². The Morgan fingerprint density at radius 3 is 2.77 bits per heavy atom. The van der Waals surface area contributed by atoms with E-state index in [1.807, 2.05) is 24.3 Å². The number of hydrogen-bond acceptors (Lipinski definition) is 3. The van der Waals surface area contributed by atoms with Gasteiger partial charge in [-0.2, -0.15) is 0 Å². The van der Waals surface area contributed by atoms with Gasteiger partial charge in [0.15, 0.2) is 0 Å². The van der Waals surface area contributed by atoms with Crippen LogP contribution in [0.5, 0.6) is 5.75 Å². The molecule has 1 atom stereocenters. The Morgan fingerprint density at radius 2 is 1.95 bits per heavy atom. The summed E-state index contributed by atoms with van der Waals surface area (Å²) in [5.74, 6) is 0.959. The number of nitrogens with zero attached hydrogens (tertiary/aromatic N) is 2. The minimum atomic E-state index is 0.740. The lowest BCUT2D eigenvalue weighted by molar-refractivity contribution is 0.138. The van der Waals surface area contributed by atoms with Gasteiger partial charge < -0.3 is 9.64 Å². The van der Waals surface area contributed by atoms with E-state index in [2.05, 4.69) is 25.7 Å². The highest BCUT2D eigenvalue weighted by atomic mass is 79.9. The average molecular weight is 367 g/mol. The van der Waals surface area contributed by atoms with Crippen LogP contribution in [0.1, 0.15) is 32.1 Å². The molecular weight excluding hydrogens is 340 g/mol. The summed E-state index contributed by atoms with van der Waals surface area (Å²) in [7, 11) is 0. The first-order chi connectivity index (χ1) is 10.8. The van der Waals surface area contributed by atoms with E-state index in [4.69, 9.17) is 4.74 Å². The summed E-state index contributed by atoms with van der Waals surface area (Å²) in [5.41, 5.74) is 0. The van der Waals surface area contributed by atoms with Gasteiger partial charge in [-0.15, -0.1) is 0 Å². The number of benzene rings is 1. The molecule has 2 heterocycles. The minimum absolute atomic E-state index is 0.740. The fourth-order valence-electron chi connectivity index (χ4n) is 3.67. The fourth-order valence-corrected chi connectivity index (χ4v) is 4.05. The van der Waals surface area contributed by atoms with Crippen LogP contribution in [-0.4, -0.2) is 55.2 Å². The zero-order valence-corrected chi connectivity index (χ0v) is 14.9. The molecule has 22 heavy (non-hydrogen) atoms. The van der Waals surface area contributed by atoms with Crippen molar-refractivity contribution >= 4 is 15.9 Å². The van der Waals surface area contributed by atoms with Crippen molar-refractivity contribution < 1.29 is 4.74 Å². The Hall–Kier alpha value is -0.580. The Labute approximate surface area is 142 Å². The molecule has 3 nitrogen and oxygen atoms in total. The molecule has 1 aromatic carbocycles. The predicted octanol–water partition coefficient (Wildman–Crippen LogP) is 3.78. The van der Waals surface area contributed by atoms with Gasteiger partial charge in [0.1, 0.15) is 12.4 Å². The molecule has 0 aliphatic carbocycles. The number of piperidine rings is 1. The molecule has 1 unspecified atom stereocenters. The van der Waals surface area contributed by atoms with E-state index in [9.17, 15) is 0 Å². The Bertz CT molecular complexity index is 462. The van der Waals surface area contributed by atoms with Gasteiger partial charge in [0.25, 0.3) is 0 Å². The van der Waals surface area contributed by atoms with E-state index in [0.717, 1.165) is 29.4 Å². The van der Waals surface area contributed by atoms with E-state index < -0.39 is 0 Å². The maximum absolute atomic E-state index is 5.90. The quantitative estimate of drug-likeness (QED) is 0.761. The van der Waals surface area contributed by atoms with E-state index in [0.29, 0.717) is 0 Å². The first-order valence-corrected chi connectivity index (χ1v) is 9.45. The van der Waals surface area contributed by atoms with Crippen molar-refractivity contribution in [2.24, 2.45) is 0 Å². The Kier molecular flexibility index (Phi) is 6.16. The summed E-state index contributed by atoms with van der Waals surface area (Å²) in [6.07, 6.45) is 6.89. The van der Waals surface area contributed by atoms with Crippen LogP contribution in [0.25, 0.3) is 0 Å². The van der Waals surface area contributed by atoms with Crippen molar-refractivity contribution in [2.45, 2.75) is 38.1 Å². The van der Waals surface area contributed by atoms with E-state index in [1.165, 1.54) is 58.3 Å². The molecule has 0 bridgehead atoms. The third-order valence-corrected chi connectivity index (χ3v) is 5.35. The van der Waals surface area contributed by atoms with Gasteiger partial charge in [-0.25, -0.2) is 0 Å². The highest BCUT2D eigenvalue weighted by Gasteiger charge is 2.26. The summed E-state index contributed by atoms with van der Waals surface area (Å²) in [6.45, 7) is 6.94. The maximum atomic E-state index is 5.90. The van der Waals surface area contributed by atoms with Gasteiger partial charge in [0, 0.05) is 23.6 Å². The molecule has 1 aromatic rings. The first kappa shape index (κ1) is 16.3. The normalized spacial score (nSPS) is 23.8. The lowest BCUT2D eigenvalue weighted by Crippen LogP contribution is -2.43. The summed E-state index contributed by atoms with van der Waals surface area (Å²) < 4.78 is 6.98. The molecule has 3 rings (SSSR count). The number of hydrogen-bond donors (Lipinski definition) is 0. The molecule has 0 aromatic heterocycles. The molecule has 4 heteroatoms. The van der Waals surface area contributed by atoms with Crippen LogP contribution in [0.2, 0.25) is 0 Å². The lowest BCUT2D eigenvalue weighted by atomic mass is 10.1. The monoisotopic (exact) mass is 366 g/mol. The zero-order valence-electron chi connectivity index (χ0n) is 13.3. The topological polar surface area (TPSA) is 15.7 Å².